The highest BCUT2D eigenvalue weighted by atomic mass is 16.3. The molecule has 3 nitrogen and oxygen atoms in total. The van der Waals surface area contributed by atoms with Crippen LogP contribution in [0.25, 0.3) is 22.6 Å². The predicted octanol–water partition coefficient (Wildman–Crippen LogP) is 3.59. The van der Waals surface area contributed by atoms with E-state index in [0.717, 1.165) is 22.2 Å². The van der Waals surface area contributed by atoms with Crippen molar-refractivity contribution < 1.29 is 9.52 Å². The molecule has 19 heavy (non-hydrogen) atoms. The molecule has 0 fully saturated rings. The van der Waals surface area contributed by atoms with Crippen LogP contribution in [0, 0.1) is 0 Å². The molecule has 0 radical (unpaired) electrons. The van der Waals surface area contributed by atoms with E-state index in [1.807, 2.05) is 55.5 Å². The first kappa shape index (κ1) is 11.9. The summed E-state index contributed by atoms with van der Waals surface area (Å²) in [6.45, 7) is 2.12. The Morgan fingerprint density at radius 3 is 2.68 bits per heavy atom. The zero-order chi connectivity index (χ0) is 13.2. The maximum Gasteiger partial charge on any atom is 0.227 e. The molecule has 0 aliphatic heterocycles. The molecule has 2 aromatic carbocycles. The first-order valence-corrected chi connectivity index (χ1v) is 6.34. The molecule has 1 atom stereocenters. The van der Waals surface area contributed by atoms with Gasteiger partial charge in [0.15, 0.2) is 5.58 Å². The molecule has 1 heterocycles. The second kappa shape index (κ2) is 4.86. The van der Waals surface area contributed by atoms with Crippen molar-refractivity contribution in [2.75, 3.05) is 6.61 Å². The number of aliphatic hydroxyl groups excluding tert-OH is 1. The average Bonchev–Trinajstić information content (AvgIpc) is 2.90. The van der Waals surface area contributed by atoms with E-state index in [2.05, 4.69) is 4.98 Å². The second-order valence-corrected chi connectivity index (χ2v) is 4.70. The maximum absolute atomic E-state index is 9.20. The Morgan fingerprint density at radius 2 is 1.95 bits per heavy atom. The van der Waals surface area contributed by atoms with Crippen LogP contribution in [0.3, 0.4) is 0 Å². The molecular weight excluding hydrogens is 238 g/mol. The molecule has 1 N–H and O–H groups in total. The first-order valence-electron chi connectivity index (χ1n) is 6.34. The monoisotopic (exact) mass is 253 g/mol. The van der Waals surface area contributed by atoms with Gasteiger partial charge in [0.05, 0.1) is 0 Å². The fourth-order valence-electron chi connectivity index (χ4n) is 2.06. The molecule has 3 aromatic rings. The lowest BCUT2D eigenvalue weighted by Crippen LogP contribution is -1.98. The molecule has 0 aliphatic carbocycles. The van der Waals surface area contributed by atoms with Gasteiger partial charge in [0, 0.05) is 18.1 Å². The van der Waals surface area contributed by atoms with Crippen molar-refractivity contribution in [3.63, 3.8) is 0 Å². The van der Waals surface area contributed by atoms with E-state index >= 15 is 0 Å². The Morgan fingerprint density at radius 1 is 1.16 bits per heavy atom. The lowest BCUT2D eigenvalue weighted by molar-refractivity contribution is 0.273. The molecular formula is C16H15NO2. The average molecular weight is 253 g/mol. The Kier molecular flexibility index (Phi) is 3.05. The van der Waals surface area contributed by atoms with Gasteiger partial charge in [-0.15, -0.1) is 0 Å². The summed E-state index contributed by atoms with van der Waals surface area (Å²) < 4.78 is 5.75. The SMILES string of the molecule is CC(CO)c1ccc2oc(-c3ccccc3)nc2c1. The summed E-state index contributed by atoms with van der Waals surface area (Å²) in [5.41, 5.74) is 3.64. The molecule has 0 bridgehead atoms. The van der Waals surface area contributed by atoms with Crippen molar-refractivity contribution in [2.45, 2.75) is 12.8 Å². The topological polar surface area (TPSA) is 46.3 Å². The van der Waals surface area contributed by atoms with Crippen molar-refractivity contribution in [3.8, 4) is 11.5 Å². The van der Waals surface area contributed by atoms with Gasteiger partial charge in [-0.25, -0.2) is 4.98 Å². The minimum absolute atomic E-state index is 0.112. The van der Waals surface area contributed by atoms with Crippen molar-refractivity contribution in [1.29, 1.82) is 0 Å². The summed E-state index contributed by atoms with van der Waals surface area (Å²) in [5.74, 6) is 0.741. The summed E-state index contributed by atoms with van der Waals surface area (Å²) in [4.78, 5) is 4.51. The minimum atomic E-state index is 0.112. The lowest BCUT2D eigenvalue weighted by atomic mass is 10.0. The molecule has 0 amide bonds. The summed E-state index contributed by atoms with van der Waals surface area (Å²) >= 11 is 0. The number of oxazole rings is 1. The first-order chi connectivity index (χ1) is 9.28. The summed E-state index contributed by atoms with van der Waals surface area (Å²) in [6, 6.07) is 15.7. The Bertz CT molecular complexity index is 688. The summed E-state index contributed by atoms with van der Waals surface area (Å²) in [6.07, 6.45) is 0. The number of fused-ring (bicyclic) bond motifs is 1. The summed E-state index contributed by atoms with van der Waals surface area (Å²) in [5, 5.41) is 9.20. The number of aromatic nitrogens is 1. The third-order valence-corrected chi connectivity index (χ3v) is 3.28. The van der Waals surface area contributed by atoms with Crippen molar-refractivity contribution in [3.05, 3.63) is 54.1 Å². The Balaban J connectivity index is 2.06. The van der Waals surface area contributed by atoms with Gasteiger partial charge >= 0.3 is 0 Å². The van der Waals surface area contributed by atoms with Gasteiger partial charge in [-0.3, -0.25) is 0 Å². The number of benzene rings is 2. The van der Waals surface area contributed by atoms with Gasteiger partial charge in [0.1, 0.15) is 5.52 Å². The van der Waals surface area contributed by atoms with Crippen LogP contribution in [0.2, 0.25) is 0 Å². The number of hydrogen-bond acceptors (Lipinski definition) is 3. The van der Waals surface area contributed by atoms with Gasteiger partial charge in [-0.2, -0.15) is 0 Å². The van der Waals surface area contributed by atoms with Gasteiger partial charge in [-0.1, -0.05) is 31.2 Å². The van der Waals surface area contributed by atoms with E-state index in [0.29, 0.717) is 5.89 Å². The van der Waals surface area contributed by atoms with Gasteiger partial charge in [0.2, 0.25) is 5.89 Å². The highest BCUT2D eigenvalue weighted by Gasteiger charge is 2.10. The Labute approximate surface area is 111 Å². The lowest BCUT2D eigenvalue weighted by Gasteiger charge is -2.06. The molecule has 3 heteroatoms. The Hall–Kier alpha value is -2.13. The molecule has 3 rings (SSSR count). The molecule has 0 aliphatic rings. The van der Waals surface area contributed by atoms with E-state index in [1.54, 1.807) is 0 Å². The number of rotatable bonds is 3. The van der Waals surface area contributed by atoms with Crippen LogP contribution in [0.4, 0.5) is 0 Å². The van der Waals surface area contributed by atoms with Crippen molar-refractivity contribution >= 4 is 11.1 Å². The fourth-order valence-corrected chi connectivity index (χ4v) is 2.06. The highest BCUT2D eigenvalue weighted by Crippen LogP contribution is 2.26. The molecule has 1 aromatic heterocycles. The smallest absolute Gasteiger partial charge is 0.227 e. The molecule has 0 saturated carbocycles. The van der Waals surface area contributed by atoms with Crippen LogP contribution in [-0.2, 0) is 0 Å². The van der Waals surface area contributed by atoms with E-state index in [1.165, 1.54) is 0 Å². The molecule has 96 valence electrons. The number of hydrogen-bond donors (Lipinski definition) is 1. The van der Waals surface area contributed by atoms with Crippen molar-refractivity contribution in [2.24, 2.45) is 0 Å². The minimum Gasteiger partial charge on any atom is -0.436 e. The van der Waals surface area contributed by atoms with Crippen LogP contribution in [0.15, 0.2) is 52.9 Å². The highest BCUT2D eigenvalue weighted by molar-refractivity contribution is 5.77. The molecule has 1 unspecified atom stereocenters. The standard InChI is InChI=1S/C16H15NO2/c1-11(10-18)13-7-8-15-14(9-13)17-16(19-15)12-5-3-2-4-6-12/h2-9,11,18H,10H2,1H3. The van der Waals surface area contributed by atoms with Gasteiger partial charge in [-0.05, 0) is 29.8 Å². The van der Waals surface area contributed by atoms with E-state index in [9.17, 15) is 5.11 Å². The van der Waals surface area contributed by atoms with E-state index in [-0.39, 0.29) is 12.5 Å². The third kappa shape index (κ3) is 2.25. The number of nitrogens with zero attached hydrogens (tertiary/aromatic N) is 1. The van der Waals surface area contributed by atoms with Crippen LogP contribution in [0.5, 0.6) is 0 Å². The normalized spacial score (nSPS) is 12.7. The quantitative estimate of drug-likeness (QED) is 0.775. The number of aliphatic hydroxyl groups is 1. The van der Waals surface area contributed by atoms with Crippen LogP contribution in [0.1, 0.15) is 18.4 Å². The fraction of sp³-hybridized carbons (Fsp3) is 0.188. The van der Waals surface area contributed by atoms with Crippen LogP contribution >= 0.6 is 0 Å². The summed E-state index contributed by atoms with van der Waals surface area (Å²) in [7, 11) is 0. The largest absolute Gasteiger partial charge is 0.436 e. The molecule has 0 saturated heterocycles. The zero-order valence-corrected chi connectivity index (χ0v) is 10.7. The predicted molar refractivity (Wildman–Crippen MR) is 74.9 cm³/mol. The van der Waals surface area contributed by atoms with E-state index in [4.69, 9.17) is 4.42 Å². The van der Waals surface area contributed by atoms with E-state index < -0.39 is 0 Å². The van der Waals surface area contributed by atoms with Crippen molar-refractivity contribution in [1.82, 2.24) is 4.98 Å². The maximum atomic E-state index is 9.20. The van der Waals surface area contributed by atoms with Gasteiger partial charge < -0.3 is 9.52 Å². The molecule has 0 spiro atoms. The van der Waals surface area contributed by atoms with Gasteiger partial charge in [0.25, 0.3) is 0 Å². The third-order valence-electron chi connectivity index (χ3n) is 3.28. The zero-order valence-electron chi connectivity index (χ0n) is 10.7. The second-order valence-electron chi connectivity index (χ2n) is 4.70. The van der Waals surface area contributed by atoms with Crippen LogP contribution in [-0.4, -0.2) is 16.7 Å². The van der Waals surface area contributed by atoms with Crippen LogP contribution < -0.4 is 0 Å².